The molecule has 4 rings (SSSR count). The van der Waals surface area contributed by atoms with Gasteiger partial charge in [-0.25, -0.2) is 16.8 Å². The molecule has 4 aromatic carbocycles. The van der Waals surface area contributed by atoms with Crippen LogP contribution < -0.4 is 0 Å². The van der Waals surface area contributed by atoms with Crippen LogP contribution in [0.1, 0.15) is 281 Å². The molecule has 0 fully saturated rings. The molecule has 0 saturated carbocycles. The zero-order valence-electron chi connectivity index (χ0n) is 47.0. The first-order valence-corrected chi connectivity index (χ1v) is 32.8. The van der Waals surface area contributed by atoms with Crippen molar-refractivity contribution >= 4 is 90.7 Å². The zero-order valence-corrected chi connectivity index (χ0v) is 53.1. The predicted molar refractivity (Wildman–Crippen MR) is 313 cm³/mol. The van der Waals surface area contributed by atoms with Crippen LogP contribution in [0.15, 0.2) is 70.5 Å². The monoisotopic (exact) mass is 1170 g/mol. The molecule has 0 radical (unpaired) electrons. The van der Waals surface area contributed by atoms with Crippen LogP contribution in [0.2, 0.25) is 0 Å². The maximum Gasteiger partial charge on any atom is 2.00 e. The Morgan fingerprint density at radius 3 is 0.767 bits per heavy atom. The fourth-order valence-corrected chi connectivity index (χ4v) is 12.2. The number of rotatable bonds is 42. The first-order chi connectivity index (χ1) is 35.0. The number of benzene rings is 4. The van der Waals surface area contributed by atoms with E-state index >= 15 is 0 Å². The molecule has 408 valence electrons. The predicted octanol–water partition coefficient (Wildman–Crippen LogP) is 19.4. The third kappa shape index (κ3) is 28.3. The number of aryl methyl sites for hydroxylation is 4. The van der Waals surface area contributed by atoms with Crippen LogP contribution in [0, 0.1) is 0 Å². The van der Waals surface area contributed by atoms with Crippen LogP contribution in [-0.2, 0) is 45.9 Å². The van der Waals surface area contributed by atoms with E-state index in [2.05, 4.69) is 39.8 Å². The van der Waals surface area contributed by atoms with E-state index in [1.54, 1.807) is 12.1 Å². The van der Waals surface area contributed by atoms with Crippen LogP contribution in [0.5, 0.6) is 0 Å². The van der Waals surface area contributed by atoms with Crippen molar-refractivity contribution in [3.05, 3.63) is 82.9 Å². The summed E-state index contributed by atoms with van der Waals surface area (Å²) in [5.41, 5.74) is 5.21. The Balaban J connectivity index is 0.000000493. The number of hydrogen-bond acceptors (Lipinski definition) is 6. The van der Waals surface area contributed by atoms with Crippen molar-refractivity contribution in [1.29, 1.82) is 0 Å². The van der Waals surface area contributed by atoms with Gasteiger partial charge in [-0.2, -0.15) is 0 Å². The van der Waals surface area contributed by atoms with E-state index in [1.165, 1.54) is 253 Å². The van der Waals surface area contributed by atoms with Gasteiger partial charge in [-0.3, -0.25) is 0 Å². The Bertz CT molecular complexity index is 2100. The first kappa shape index (κ1) is 67.9. The molecule has 0 spiro atoms. The molecule has 0 aromatic heterocycles. The van der Waals surface area contributed by atoms with E-state index in [0.29, 0.717) is 10.8 Å². The van der Waals surface area contributed by atoms with E-state index in [9.17, 15) is 25.9 Å². The van der Waals surface area contributed by atoms with Gasteiger partial charge in [-0.1, -0.05) is 282 Å². The van der Waals surface area contributed by atoms with Gasteiger partial charge in [0.25, 0.3) is 0 Å². The number of fused-ring (bicyclic) bond motifs is 2. The van der Waals surface area contributed by atoms with Crippen molar-refractivity contribution in [2.24, 2.45) is 0 Å². The molecule has 0 atom stereocenters. The Labute approximate surface area is 489 Å². The molecule has 73 heavy (non-hydrogen) atoms. The first-order valence-electron chi connectivity index (χ1n) is 30.0. The van der Waals surface area contributed by atoms with Gasteiger partial charge in [0.05, 0.1) is 9.79 Å². The van der Waals surface area contributed by atoms with E-state index < -0.39 is 20.2 Å². The second kappa shape index (κ2) is 41.8. The summed E-state index contributed by atoms with van der Waals surface area (Å²) in [6.07, 6.45) is 50.8. The summed E-state index contributed by atoms with van der Waals surface area (Å²) in [5.74, 6) is 0. The second-order valence-corrected chi connectivity index (χ2v) is 24.0. The Kier molecular flexibility index (Phi) is 38.9. The third-order valence-electron chi connectivity index (χ3n) is 15.2. The van der Waals surface area contributed by atoms with E-state index in [1.807, 2.05) is 24.3 Å². The van der Waals surface area contributed by atoms with E-state index in [4.69, 9.17) is 0 Å². The molecule has 0 aliphatic rings. The van der Waals surface area contributed by atoms with E-state index in [0.717, 1.165) is 49.3 Å². The van der Waals surface area contributed by atoms with Crippen molar-refractivity contribution in [3.63, 3.8) is 0 Å². The average molecular weight is 1170 g/mol. The molecule has 0 unspecified atom stereocenters. The summed E-state index contributed by atoms with van der Waals surface area (Å²) in [5, 5.41) is 3.10. The van der Waals surface area contributed by atoms with Crippen molar-refractivity contribution in [1.82, 2.24) is 0 Å². The summed E-state index contributed by atoms with van der Waals surface area (Å²) in [4.78, 5) is -0.161. The van der Waals surface area contributed by atoms with Crippen molar-refractivity contribution in [2.45, 2.75) is 294 Å². The molecule has 0 saturated heterocycles. The summed E-state index contributed by atoms with van der Waals surface area (Å²) in [7, 11) is -8.97. The van der Waals surface area contributed by atoms with Crippen LogP contribution in [0.3, 0.4) is 0 Å². The topological polar surface area (TPSA) is 114 Å². The summed E-state index contributed by atoms with van der Waals surface area (Å²) < 4.78 is 71.2. The normalized spacial score (nSPS) is 11.8. The molecule has 0 aliphatic carbocycles. The smallest absolute Gasteiger partial charge is 0.744 e. The quantitative estimate of drug-likeness (QED) is 0.0248. The van der Waals surface area contributed by atoms with Gasteiger partial charge in [-0.15, -0.1) is 0 Å². The maximum atomic E-state index is 11.9. The van der Waals surface area contributed by atoms with E-state index in [-0.39, 0.29) is 58.7 Å². The summed E-state index contributed by atoms with van der Waals surface area (Å²) in [6.45, 7) is 9.04. The molecule has 0 aliphatic heterocycles. The standard InChI is InChI=1S/2C32H52O3S.Ba/c2*1-3-5-7-9-11-13-15-17-19-22-28-26-27-31-30(24-21-25-32(31)36(33,34)35)29(28)23-20-18-16-14-12-10-8-6-4-2;/h2*21,24-27H,3-20,22-23H2,1-2H3,(H,33,34,35);/q;;+2/p-2. The van der Waals surface area contributed by atoms with Gasteiger partial charge in [0.2, 0.25) is 0 Å². The second-order valence-electron chi connectivity index (χ2n) is 21.3. The molecule has 0 amide bonds. The molecular formula is C64H102BaO6S2. The van der Waals surface area contributed by atoms with Crippen LogP contribution in [0.4, 0.5) is 0 Å². The van der Waals surface area contributed by atoms with Gasteiger partial charge in [0, 0.05) is 0 Å². The van der Waals surface area contributed by atoms with Gasteiger partial charge >= 0.3 is 48.9 Å². The van der Waals surface area contributed by atoms with Gasteiger partial charge in [0.1, 0.15) is 20.2 Å². The molecule has 4 aromatic rings. The SMILES string of the molecule is CCCCCCCCCCCc1ccc2c(S(=O)(=O)[O-])cccc2c1CCCCCCCCCCC.CCCCCCCCCCCc1ccc2c(S(=O)(=O)[O-])cccc2c1CCCCCCCCCCC.[Ba+2]. The summed E-state index contributed by atoms with van der Waals surface area (Å²) >= 11 is 0. The molecule has 9 heteroatoms. The largest absolute Gasteiger partial charge is 2.00 e. The van der Waals surface area contributed by atoms with Crippen LogP contribution in [0.25, 0.3) is 21.5 Å². The maximum absolute atomic E-state index is 11.9. The summed E-state index contributed by atoms with van der Waals surface area (Å²) in [6, 6.07) is 18.3. The Morgan fingerprint density at radius 1 is 0.288 bits per heavy atom. The molecule has 0 heterocycles. The average Bonchev–Trinajstić information content (AvgIpc) is 3.36. The van der Waals surface area contributed by atoms with Gasteiger partial charge in [-0.05, 0) is 107 Å². The molecule has 6 nitrogen and oxygen atoms in total. The van der Waals surface area contributed by atoms with Crippen molar-refractivity contribution in [2.75, 3.05) is 0 Å². The minimum atomic E-state index is -4.49. The number of unbranched alkanes of at least 4 members (excludes halogenated alkanes) is 32. The van der Waals surface area contributed by atoms with Gasteiger partial charge in [0.15, 0.2) is 0 Å². The molecule has 0 N–H and O–H groups in total. The minimum absolute atomic E-state index is 0. The van der Waals surface area contributed by atoms with Crippen LogP contribution >= 0.6 is 0 Å². The fraction of sp³-hybridized carbons (Fsp3) is 0.688. The third-order valence-corrected chi connectivity index (χ3v) is 16.9. The van der Waals surface area contributed by atoms with Crippen molar-refractivity contribution < 1.29 is 25.9 Å². The zero-order chi connectivity index (χ0) is 52.1. The molecule has 0 bridgehead atoms. The van der Waals surface area contributed by atoms with Crippen molar-refractivity contribution in [3.8, 4) is 0 Å². The molecular weight excluding hydrogens is 1070 g/mol. The van der Waals surface area contributed by atoms with Gasteiger partial charge < -0.3 is 9.11 Å². The number of hydrogen-bond donors (Lipinski definition) is 0. The Hall–Kier alpha value is -1.21. The Morgan fingerprint density at radius 2 is 0.521 bits per heavy atom. The fourth-order valence-electron chi connectivity index (χ4n) is 10.8. The minimum Gasteiger partial charge on any atom is -0.744 e. The van der Waals surface area contributed by atoms with Crippen LogP contribution in [-0.4, -0.2) is 74.8 Å².